The number of nitrogens with zero attached hydrogens (tertiary/aromatic N) is 5. The van der Waals surface area contributed by atoms with Crippen molar-refractivity contribution < 1.29 is 78.0 Å². The molecular formula is C107H114Cl8N16O16. The summed E-state index contributed by atoms with van der Waals surface area (Å²) >= 11 is 48.5. The standard InChI is InChI=1S/C29H29Cl2N3O4.C28H32Cl2N4O4.C25H25Cl2N5O4.C25H28Cl2N4O4/c30-22-7-4-8-23(31)27(22)28(36)34-24(29(37)38)15-18-10-12-19(13-11-18)16-25(35)20-5-3-6-21(17-20)33-26-9-1-2-14-32-26;29-21-6-2-7-22(30)25(21)26(36)34-23(27(37)38)14-17-8-10-18(11-9-17)15-24(35)19-4-1-5-20(16-19)33-28-31-12-3-13-32-28;26-18-2-1-3-19(27)22(18)23(34)32-20(24(35)36)10-14-4-6-15(7-5-14)11-21(33)16-8-9-17(12-16)31-25(29)30-13-28;26-18-5-2-6-19(27)22(18)23(33)31-20(24(34)35)11-14-7-9-15(10-8-14)12-21(32)16-3-1-4-17(13-16)30-25(28)29/h1-2,4,7-14,20-21,24H,3,5-6,15-17H2,(H,32,33)(H,34,36)(H,37,38);2,6-11,19-20,23H,1,3-5,12-16H2,(H,34,36)(H,37,38)(H2,31,32,33);1-7,16-17,20H,8-12H2,(H,32,34)(H,35,36)(H3,29,30,31);2,5-10,16-17,20H,1,3-4,11-13H2,(H,31,33)(H,34,35)(H4,28,29,30)/t20-,21+,24-;19-,20+,23-;16-,17-,20-;16-,17+,20-/m0000/s1. The highest BCUT2D eigenvalue weighted by Crippen LogP contribution is 2.36. The van der Waals surface area contributed by atoms with Gasteiger partial charge in [-0.3, -0.25) is 53.7 Å². The summed E-state index contributed by atoms with van der Waals surface area (Å²) in [4.78, 5) is 167. The molecular weight excluding hydrogens is 2050 g/mol. The number of aliphatic imine (C=N–C) groups is 3. The number of ketones is 4. The van der Waals surface area contributed by atoms with E-state index in [-0.39, 0.29) is 184 Å². The number of rotatable bonds is 37. The number of carbonyl (C=O) groups is 12. The number of nitriles is 1. The van der Waals surface area contributed by atoms with Crippen LogP contribution in [0.5, 0.6) is 0 Å². The molecule has 4 saturated carbocycles. The number of carboxylic acids is 4. The highest BCUT2D eigenvalue weighted by atomic mass is 35.5. The number of benzene rings is 8. The molecule has 0 bridgehead atoms. The molecule has 4 fully saturated rings. The lowest BCUT2D eigenvalue weighted by molar-refractivity contribution is -0.140. The van der Waals surface area contributed by atoms with E-state index in [4.69, 9.17) is 115 Å². The summed E-state index contributed by atoms with van der Waals surface area (Å²) in [6.07, 6.45) is 18.6. The van der Waals surface area contributed by atoms with Crippen LogP contribution in [-0.4, -0.2) is 175 Å². The zero-order valence-electron chi connectivity index (χ0n) is 80.0. The van der Waals surface area contributed by atoms with Crippen LogP contribution in [0.3, 0.4) is 0 Å². The van der Waals surface area contributed by atoms with Gasteiger partial charge in [0.25, 0.3) is 23.6 Å². The Balaban J connectivity index is 0.000000186. The van der Waals surface area contributed by atoms with Crippen LogP contribution in [0.25, 0.3) is 0 Å². The second kappa shape index (κ2) is 56.6. The fourth-order valence-corrected chi connectivity index (χ4v) is 20.5. The van der Waals surface area contributed by atoms with Crippen LogP contribution < -0.4 is 59.7 Å². The molecule has 0 spiro atoms. The van der Waals surface area contributed by atoms with E-state index in [9.17, 15) is 78.0 Å². The first-order valence-electron chi connectivity index (χ1n) is 48.0. The van der Waals surface area contributed by atoms with E-state index in [2.05, 4.69) is 62.5 Å². The fraction of sp³-hybridized carbons (Fsp3) is 0.355. The number of Topliss-reactive ketones (excluding diaryl/α,β-unsaturated/α-hetero) is 4. The molecule has 12 atom stereocenters. The molecule has 18 N–H and O–H groups in total. The van der Waals surface area contributed by atoms with Crippen molar-refractivity contribution in [2.75, 3.05) is 18.4 Å². The second-order valence-corrected chi connectivity index (χ2v) is 39.9. The quantitative estimate of drug-likeness (QED) is 0.00744. The Hall–Kier alpha value is -13.2. The van der Waals surface area contributed by atoms with Gasteiger partial charge in [0.15, 0.2) is 18.1 Å². The number of hydrogen-bond donors (Lipinski definition) is 15. The van der Waals surface area contributed by atoms with Gasteiger partial charge >= 0.3 is 23.9 Å². The third-order valence-corrected chi connectivity index (χ3v) is 28.4. The Labute approximate surface area is 890 Å². The number of carbonyl (C=O) groups excluding carboxylic acids is 8. The predicted octanol–water partition coefficient (Wildman–Crippen LogP) is 16.1. The Morgan fingerprint density at radius 2 is 0.673 bits per heavy atom. The van der Waals surface area contributed by atoms with E-state index in [0.29, 0.717) is 43.2 Å². The first-order chi connectivity index (χ1) is 70.4. The number of guanidine groups is 3. The highest BCUT2D eigenvalue weighted by molar-refractivity contribution is 6.42. The number of amides is 4. The maximum absolute atomic E-state index is 13.0. The zero-order chi connectivity index (χ0) is 106. The number of pyridine rings is 1. The number of aliphatic carboxylic acids is 4. The second-order valence-electron chi connectivity index (χ2n) is 36.6. The molecule has 0 unspecified atom stereocenters. The smallest absolute Gasteiger partial charge is 0.326 e. The summed E-state index contributed by atoms with van der Waals surface area (Å²) in [5.41, 5.74) is 22.9. The average Bonchev–Trinajstić information content (AvgIpc) is 0.886. The minimum atomic E-state index is -1.20. The van der Waals surface area contributed by atoms with Crippen molar-refractivity contribution in [3.8, 4) is 6.19 Å². The summed E-state index contributed by atoms with van der Waals surface area (Å²) in [6.45, 7) is 1.75. The number of carboxylic acid groups (broad SMARTS) is 4. The maximum atomic E-state index is 13.0. The molecule has 4 aliphatic carbocycles. The first kappa shape index (κ1) is 114. The summed E-state index contributed by atoms with van der Waals surface area (Å²) in [7, 11) is 0. The van der Waals surface area contributed by atoms with Crippen molar-refractivity contribution in [3.05, 3.63) is 301 Å². The molecule has 32 nitrogen and oxygen atoms in total. The number of hydrogen-bond acceptors (Lipinski definition) is 20. The summed E-state index contributed by atoms with van der Waals surface area (Å²) < 4.78 is 0. The van der Waals surface area contributed by atoms with Gasteiger partial charge in [-0.15, -0.1) is 0 Å². The number of halogens is 8. The third-order valence-electron chi connectivity index (χ3n) is 25.9. The lowest BCUT2D eigenvalue weighted by atomic mass is 9.81. The van der Waals surface area contributed by atoms with Crippen LogP contribution in [0, 0.1) is 35.1 Å². The van der Waals surface area contributed by atoms with Gasteiger partial charge in [-0.2, -0.15) is 5.26 Å². The highest BCUT2D eigenvalue weighted by Gasteiger charge is 2.36. The molecule has 0 radical (unpaired) electrons. The number of aromatic nitrogens is 1. The van der Waals surface area contributed by atoms with Gasteiger partial charge in [0.1, 0.15) is 53.1 Å². The fourth-order valence-electron chi connectivity index (χ4n) is 18.2. The van der Waals surface area contributed by atoms with E-state index in [1.165, 1.54) is 48.5 Å². The van der Waals surface area contributed by atoms with E-state index in [1.807, 2.05) is 42.5 Å². The summed E-state index contributed by atoms with van der Waals surface area (Å²) in [5.74, 6) is -5.16. The molecule has 4 amide bonds. The Bertz CT molecular complexity index is 6240. The molecule has 14 rings (SSSR count). The van der Waals surface area contributed by atoms with Gasteiger partial charge in [0.05, 0.1) is 74.5 Å². The van der Waals surface area contributed by atoms with E-state index in [0.717, 1.165) is 142 Å². The minimum Gasteiger partial charge on any atom is -0.480 e. The molecule has 1 aliphatic heterocycles. The van der Waals surface area contributed by atoms with E-state index >= 15 is 0 Å². The van der Waals surface area contributed by atoms with Gasteiger partial charge in [0, 0.05) is 106 Å². The summed E-state index contributed by atoms with van der Waals surface area (Å²) in [5, 5.41) is 70.7. The SMILES string of the molecule is N#CNC(N)=N[C@H]1CC[C@H](C(=O)Cc2ccc(C[C@H](NC(=O)c3c(Cl)cccc3Cl)C(=O)O)cc2)C1.NC(N)=N[C@@H]1CCC[C@H](C(=O)Cc2ccc(C[C@H](NC(=O)c3c(Cl)cccc3Cl)C(=O)O)cc2)C1.O=C(N[C@@H](Cc1ccc(CC(=O)[C@H]2CCC[C@@H](NC3=NCCCN3)C2)cc1)C(=O)O)c1c(Cl)cccc1Cl.O=C(N[C@@H](Cc1ccc(CC(=O)[C@H]2CCC[C@@H](Nc3ccccn3)C2)cc1)C(=O)O)c1c(Cl)cccc1Cl. The van der Waals surface area contributed by atoms with Gasteiger partial charge < -0.3 is 74.8 Å². The average molecular weight is 2160 g/mol. The van der Waals surface area contributed by atoms with Gasteiger partial charge in [-0.1, -0.05) is 239 Å². The molecule has 147 heavy (non-hydrogen) atoms. The molecule has 774 valence electrons. The zero-order valence-corrected chi connectivity index (χ0v) is 86.0. The van der Waals surface area contributed by atoms with Crippen molar-refractivity contribution in [1.29, 1.82) is 5.26 Å². The van der Waals surface area contributed by atoms with Crippen molar-refractivity contribution in [2.24, 2.45) is 55.8 Å². The van der Waals surface area contributed by atoms with Crippen molar-refractivity contribution >= 4 is 187 Å². The van der Waals surface area contributed by atoms with Crippen LogP contribution in [0.15, 0.2) is 209 Å². The topological polar surface area (TPSA) is 534 Å². The molecule has 0 saturated heterocycles. The van der Waals surface area contributed by atoms with Crippen molar-refractivity contribution in [3.63, 3.8) is 0 Å². The van der Waals surface area contributed by atoms with E-state index in [1.54, 1.807) is 109 Å². The molecule has 5 aliphatic rings. The number of nitrogens with two attached hydrogens (primary N) is 3. The number of nitrogens with one attached hydrogen (secondary N) is 8. The summed E-state index contributed by atoms with van der Waals surface area (Å²) in [6, 6.07) is 48.5. The van der Waals surface area contributed by atoms with Gasteiger partial charge in [-0.05, 0) is 189 Å². The lowest BCUT2D eigenvalue weighted by Crippen LogP contribution is -2.47. The molecule has 8 aromatic carbocycles. The largest absolute Gasteiger partial charge is 0.480 e. The molecule has 1 aromatic heterocycles. The Morgan fingerprint density at radius 1 is 0.367 bits per heavy atom. The number of anilines is 1. The van der Waals surface area contributed by atoms with Gasteiger partial charge in [-0.25, -0.2) is 29.2 Å². The van der Waals surface area contributed by atoms with Crippen LogP contribution in [0.4, 0.5) is 5.82 Å². The minimum absolute atomic E-state index is 0.00660. The maximum Gasteiger partial charge on any atom is 0.326 e. The van der Waals surface area contributed by atoms with E-state index < -0.39 is 71.7 Å². The third kappa shape index (κ3) is 35.5. The first-order valence-corrected chi connectivity index (χ1v) is 51.1. The monoisotopic (exact) mass is 2160 g/mol. The molecule has 2 heterocycles. The predicted molar refractivity (Wildman–Crippen MR) is 567 cm³/mol. The van der Waals surface area contributed by atoms with Crippen LogP contribution in [0.2, 0.25) is 40.2 Å². The van der Waals surface area contributed by atoms with Crippen molar-refractivity contribution in [1.82, 2.24) is 42.2 Å². The van der Waals surface area contributed by atoms with Gasteiger partial charge in [0.2, 0.25) is 5.96 Å². The Kier molecular flexibility index (Phi) is 43.9. The molecule has 40 heteroatoms. The van der Waals surface area contributed by atoms with Crippen LogP contribution in [0.1, 0.15) is 189 Å². The van der Waals surface area contributed by atoms with Crippen LogP contribution in [-0.2, 0) is 89.7 Å². The lowest BCUT2D eigenvalue weighted by Gasteiger charge is -2.31. The molecule has 9 aromatic rings. The normalized spacial score (nSPS) is 18.6. The van der Waals surface area contributed by atoms with Crippen LogP contribution >= 0.6 is 92.8 Å². The van der Waals surface area contributed by atoms with Crippen molar-refractivity contribution in [2.45, 2.75) is 202 Å². The Morgan fingerprint density at radius 3 is 0.973 bits per heavy atom.